The fourth-order valence-corrected chi connectivity index (χ4v) is 4.21. The zero-order chi connectivity index (χ0) is 22.9. The highest BCUT2D eigenvalue weighted by atomic mass is 79.9. The van der Waals surface area contributed by atoms with E-state index in [1.54, 1.807) is 30.3 Å². The SMILES string of the molecule is CC(C)C1Cc2cc(C(=O)O)cc(Br)c2O1.CC(C)C1Cc2cc(C(=O)O)ccc2O1. The lowest BCUT2D eigenvalue weighted by atomic mass is 10.0. The first-order valence-electron chi connectivity index (χ1n) is 10.3. The van der Waals surface area contributed by atoms with E-state index in [9.17, 15) is 9.59 Å². The van der Waals surface area contributed by atoms with Gasteiger partial charge < -0.3 is 19.7 Å². The first-order chi connectivity index (χ1) is 14.6. The van der Waals surface area contributed by atoms with Gasteiger partial charge in [-0.2, -0.15) is 0 Å². The van der Waals surface area contributed by atoms with E-state index in [1.807, 2.05) is 0 Å². The maximum Gasteiger partial charge on any atom is 0.335 e. The van der Waals surface area contributed by atoms with Crippen LogP contribution >= 0.6 is 15.9 Å². The molecule has 4 rings (SSSR count). The maximum absolute atomic E-state index is 10.9. The lowest BCUT2D eigenvalue weighted by molar-refractivity contribution is 0.0686. The van der Waals surface area contributed by atoms with E-state index in [0.29, 0.717) is 23.0 Å². The molecule has 2 N–H and O–H groups in total. The number of ether oxygens (including phenoxy) is 2. The van der Waals surface area contributed by atoms with E-state index in [4.69, 9.17) is 19.7 Å². The van der Waals surface area contributed by atoms with Crippen LogP contribution in [0.25, 0.3) is 0 Å². The van der Waals surface area contributed by atoms with Gasteiger partial charge in [0.1, 0.15) is 23.7 Å². The standard InChI is InChI=1S/C12H13BrO3.C12H14O3/c1-6(2)10-5-7-3-8(12(14)15)4-9(13)11(7)16-10;1-7(2)11-6-9-5-8(12(13)14)3-4-10(9)15-11/h3-4,6,10H,5H2,1-2H3,(H,14,15);3-5,7,11H,6H2,1-2H3,(H,13,14). The van der Waals surface area contributed by atoms with Crippen LogP contribution < -0.4 is 9.47 Å². The zero-order valence-corrected chi connectivity index (χ0v) is 19.6. The number of carboxylic acid groups (broad SMARTS) is 2. The highest BCUT2D eigenvalue weighted by Gasteiger charge is 2.28. The third-order valence-electron chi connectivity index (χ3n) is 5.55. The van der Waals surface area contributed by atoms with Crippen LogP contribution in [0.4, 0.5) is 0 Å². The summed E-state index contributed by atoms with van der Waals surface area (Å²) in [6.45, 7) is 8.41. The molecule has 0 aliphatic carbocycles. The molecule has 0 fully saturated rings. The van der Waals surface area contributed by atoms with Gasteiger partial charge in [0.15, 0.2) is 0 Å². The number of hydrogen-bond acceptors (Lipinski definition) is 4. The van der Waals surface area contributed by atoms with Crippen LogP contribution in [0.3, 0.4) is 0 Å². The molecule has 7 heteroatoms. The quantitative estimate of drug-likeness (QED) is 0.591. The molecule has 2 atom stereocenters. The average Bonchev–Trinajstić information content (AvgIpc) is 3.32. The van der Waals surface area contributed by atoms with Crippen molar-refractivity contribution in [1.82, 2.24) is 0 Å². The monoisotopic (exact) mass is 490 g/mol. The molecule has 0 bridgehead atoms. The van der Waals surface area contributed by atoms with Crippen molar-refractivity contribution in [1.29, 1.82) is 0 Å². The predicted molar refractivity (Wildman–Crippen MR) is 120 cm³/mol. The van der Waals surface area contributed by atoms with Gasteiger partial charge in [-0.15, -0.1) is 0 Å². The first-order valence-corrected chi connectivity index (χ1v) is 11.1. The Bertz CT molecular complexity index is 998. The number of aromatic carboxylic acids is 2. The summed E-state index contributed by atoms with van der Waals surface area (Å²) in [5.41, 5.74) is 2.62. The van der Waals surface area contributed by atoms with Crippen molar-refractivity contribution in [3.63, 3.8) is 0 Å². The molecule has 0 aromatic heterocycles. The van der Waals surface area contributed by atoms with Crippen LogP contribution in [0.1, 0.15) is 59.5 Å². The summed E-state index contributed by atoms with van der Waals surface area (Å²) in [6.07, 6.45) is 1.93. The van der Waals surface area contributed by atoms with Crippen LogP contribution in [0.5, 0.6) is 11.5 Å². The van der Waals surface area contributed by atoms with E-state index in [2.05, 4.69) is 43.6 Å². The Labute approximate surface area is 190 Å². The van der Waals surface area contributed by atoms with Crippen molar-refractivity contribution >= 4 is 27.9 Å². The van der Waals surface area contributed by atoms with Crippen molar-refractivity contribution in [3.8, 4) is 11.5 Å². The molecule has 0 amide bonds. The number of carboxylic acids is 2. The fraction of sp³-hybridized carbons (Fsp3) is 0.417. The largest absolute Gasteiger partial charge is 0.490 e. The van der Waals surface area contributed by atoms with Crippen molar-refractivity contribution in [2.24, 2.45) is 11.8 Å². The second-order valence-electron chi connectivity index (χ2n) is 8.59. The molecule has 0 radical (unpaired) electrons. The van der Waals surface area contributed by atoms with Crippen LogP contribution in [0.2, 0.25) is 0 Å². The van der Waals surface area contributed by atoms with E-state index < -0.39 is 11.9 Å². The van der Waals surface area contributed by atoms with Crippen molar-refractivity contribution < 1.29 is 29.3 Å². The maximum atomic E-state index is 10.9. The van der Waals surface area contributed by atoms with Gasteiger partial charge in [0, 0.05) is 12.8 Å². The Morgan fingerprint density at radius 3 is 2.00 bits per heavy atom. The second kappa shape index (κ2) is 9.30. The van der Waals surface area contributed by atoms with Gasteiger partial charge in [-0.25, -0.2) is 9.59 Å². The van der Waals surface area contributed by atoms with Gasteiger partial charge in [0.25, 0.3) is 0 Å². The molecular formula is C24H27BrO6. The summed E-state index contributed by atoms with van der Waals surface area (Å²) in [4.78, 5) is 21.7. The van der Waals surface area contributed by atoms with E-state index in [-0.39, 0.29) is 12.2 Å². The Balaban J connectivity index is 0.000000176. The highest BCUT2D eigenvalue weighted by molar-refractivity contribution is 9.10. The second-order valence-corrected chi connectivity index (χ2v) is 9.44. The molecule has 0 saturated heterocycles. The molecule has 2 unspecified atom stereocenters. The van der Waals surface area contributed by atoms with Gasteiger partial charge in [-0.1, -0.05) is 27.7 Å². The molecule has 2 aromatic carbocycles. The fourth-order valence-electron chi connectivity index (χ4n) is 3.62. The minimum absolute atomic E-state index is 0.148. The Hall–Kier alpha value is -2.54. The third-order valence-corrected chi connectivity index (χ3v) is 6.14. The molecule has 6 nitrogen and oxygen atoms in total. The zero-order valence-electron chi connectivity index (χ0n) is 18.0. The normalized spacial score (nSPS) is 18.5. The number of fused-ring (bicyclic) bond motifs is 2. The number of rotatable bonds is 4. The van der Waals surface area contributed by atoms with E-state index in [1.165, 1.54) is 0 Å². The molecular weight excluding hydrogens is 464 g/mol. The molecule has 31 heavy (non-hydrogen) atoms. The lowest BCUT2D eigenvalue weighted by Gasteiger charge is -2.14. The molecule has 166 valence electrons. The predicted octanol–water partition coefficient (Wildman–Crippen LogP) is 5.45. The van der Waals surface area contributed by atoms with Gasteiger partial charge in [0.2, 0.25) is 0 Å². The Kier molecular flexibility index (Phi) is 6.94. The van der Waals surface area contributed by atoms with Gasteiger partial charge in [-0.3, -0.25) is 0 Å². The summed E-state index contributed by atoms with van der Waals surface area (Å²) in [6, 6.07) is 8.33. The minimum Gasteiger partial charge on any atom is -0.490 e. The summed E-state index contributed by atoms with van der Waals surface area (Å²) in [5.74, 6) is 0.711. The van der Waals surface area contributed by atoms with Crippen molar-refractivity contribution in [3.05, 3.63) is 57.1 Å². The summed E-state index contributed by atoms with van der Waals surface area (Å²) in [7, 11) is 0. The number of benzene rings is 2. The van der Waals surface area contributed by atoms with Gasteiger partial charge in [0.05, 0.1) is 15.6 Å². The first kappa shape index (κ1) is 23.1. The van der Waals surface area contributed by atoms with Crippen LogP contribution in [0.15, 0.2) is 34.8 Å². The minimum atomic E-state index is -0.906. The van der Waals surface area contributed by atoms with Crippen molar-refractivity contribution in [2.75, 3.05) is 0 Å². The molecule has 2 aliphatic heterocycles. The van der Waals surface area contributed by atoms with Crippen LogP contribution in [-0.2, 0) is 12.8 Å². The highest BCUT2D eigenvalue weighted by Crippen LogP contribution is 2.39. The average molecular weight is 491 g/mol. The van der Waals surface area contributed by atoms with Crippen molar-refractivity contribution in [2.45, 2.75) is 52.7 Å². The van der Waals surface area contributed by atoms with Crippen LogP contribution in [-0.4, -0.2) is 34.4 Å². The smallest absolute Gasteiger partial charge is 0.335 e. The topological polar surface area (TPSA) is 93.1 Å². The summed E-state index contributed by atoms with van der Waals surface area (Å²) >= 11 is 3.35. The number of hydrogen-bond donors (Lipinski definition) is 2. The van der Waals surface area contributed by atoms with Gasteiger partial charge >= 0.3 is 11.9 Å². The molecule has 2 aliphatic rings. The summed E-state index contributed by atoms with van der Waals surface area (Å²) in [5, 5.41) is 17.8. The third kappa shape index (κ3) is 5.21. The number of carbonyl (C=O) groups is 2. The summed E-state index contributed by atoms with van der Waals surface area (Å²) < 4.78 is 12.2. The molecule has 0 saturated carbocycles. The van der Waals surface area contributed by atoms with Gasteiger partial charge in [-0.05, 0) is 69.2 Å². The van der Waals surface area contributed by atoms with E-state index >= 15 is 0 Å². The lowest BCUT2D eigenvalue weighted by Crippen LogP contribution is -2.19. The van der Waals surface area contributed by atoms with E-state index in [0.717, 1.165) is 39.9 Å². The molecule has 2 heterocycles. The molecule has 0 spiro atoms. The molecule has 2 aromatic rings. The number of halogens is 1. The Morgan fingerprint density at radius 2 is 1.42 bits per heavy atom. The van der Waals surface area contributed by atoms with Crippen LogP contribution in [0, 0.1) is 11.8 Å². The Morgan fingerprint density at radius 1 is 0.871 bits per heavy atom.